The first-order valence-electron chi connectivity index (χ1n) is 5.52. The van der Waals surface area contributed by atoms with E-state index < -0.39 is 4.92 Å². The van der Waals surface area contributed by atoms with Crippen LogP contribution in [0.1, 0.15) is 26.2 Å². The van der Waals surface area contributed by atoms with Crippen LogP contribution in [0.25, 0.3) is 0 Å². The Morgan fingerprint density at radius 1 is 1.35 bits per heavy atom. The molecule has 0 unspecified atom stereocenters. The maximum Gasteiger partial charge on any atom is 0.269 e. The normalized spacial score (nSPS) is 9.94. The van der Waals surface area contributed by atoms with Crippen LogP contribution < -0.4 is 4.74 Å². The summed E-state index contributed by atoms with van der Waals surface area (Å²) < 4.78 is 5.36. The first-order valence-corrected chi connectivity index (χ1v) is 5.52. The number of Topliss-reactive ketones (excluding diaryl/α,β-unsaturated/α-hetero) is 1. The predicted molar refractivity (Wildman–Crippen MR) is 63.1 cm³/mol. The highest BCUT2D eigenvalue weighted by molar-refractivity contribution is 5.77. The molecule has 0 aliphatic rings. The molecule has 0 amide bonds. The summed E-state index contributed by atoms with van der Waals surface area (Å²) in [7, 11) is 0. The van der Waals surface area contributed by atoms with Gasteiger partial charge in [-0.15, -0.1) is 0 Å². The van der Waals surface area contributed by atoms with Crippen molar-refractivity contribution in [3.63, 3.8) is 0 Å². The molecule has 0 aliphatic heterocycles. The van der Waals surface area contributed by atoms with E-state index >= 15 is 0 Å². The van der Waals surface area contributed by atoms with Crippen molar-refractivity contribution in [2.75, 3.05) is 6.61 Å². The number of carbonyl (C=O) groups excluding carboxylic acids is 1. The van der Waals surface area contributed by atoms with Gasteiger partial charge in [-0.05, 0) is 18.6 Å². The van der Waals surface area contributed by atoms with Crippen LogP contribution in [0, 0.1) is 10.1 Å². The van der Waals surface area contributed by atoms with Crippen LogP contribution in [0.4, 0.5) is 5.69 Å². The third kappa shape index (κ3) is 4.63. The van der Waals surface area contributed by atoms with Crippen molar-refractivity contribution in [3.05, 3.63) is 34.4 Å². The molecule has 1 aromatic carbocycles. The maximum atomic E-state index is 11.0. The van der Waals surface area contributed by atoms with E-state index in [0.29, 0.717) is 31.6 Å². The molecule has 0 spiro atoms. The minimum atomic E-state index is -0.455. The molecular weight excluding hydrogens is 222 g/mol. The summed E-state index contributed by atoms with van der Waals surface area (Å²) in [5.74, 6) is 0.803. The van der Waals surface area contributed by atoms with Gasteiger partial charge in [-0.2, -0.15) is 0 Å². The van der Waals surface area contributed by atoms with E-state index in [2.05, 4.69) is 0 Å². The lowest BCUT2D eigenvalue weighted by Crippen LogP contribution is -2.02. The second kappa shape index (κ2) is 6.62. The first kappa shape index (κ1) is 13.2. The van der Waals surface area contributed by atoms with Crippen LogP contribution in [0.5, 0.6) is 5.75 Å². The summed E-state index contributed by atoms with van der Waals surface area (Å²) >= 11 is 0. The molecule has 1 aromatic rings. The van der Waals surface area contributed by atoms with Crippen LogP contribution in [0.3, 0.4) is 0 Å². The summed E-state index contributed by atoms with van der Waals surface area (Å²) in [6.07, 6.45) is 1.74. The molecule has 0 aliphatic carbocycles. The number of nitro groups is 1. The van der Waals surface area contributed by atoms with E-state index in [1.165, 1.54) is 12.1 Å². The smallest absolute Gasteiger partial charge is 0.269 e. The molecular formula is C12H15NO4. The van der Waals surface area contributed by atoms with Crippen LogP contribution >= 0.6 is 0 Å². The quantitative estimate of drug-likeness (QED) is 0.415. The topological polar surface area (TPSA) is 69.4 Å². The second-order valence-corrected chi connectivity index (χ2v) is 3.60. The molecule has 0 saturated heterocycles. The zero-order chi connectivity index (χ0) is 12.7. The van der Waals surface area contributed by atoms with Gasteiger partial charge in [0.05, 0.1) is 11.5 Å². The zero-order valence-corrected chi connectivity index (χ0v) is 9.72. The molecule has 0 saturated carbocycles. The fraction of sp³-hybridized carbons (Fsp3) is 0.417. The minimum Gasteiger partial charge on any atom is -0.494 e. The number of hydrogen-bond donors (Lipinski definition) is 0. The molecule has 5 heteroatoms. The zero-order valence-electron chi connectivity index (χ0n) is 9.72. The molecule has 1 rings (SSSR count). The third-order valence-corrected chi connectivity index (χ3v) is 2.31. The third-order valence-electron chi connectivity index (χ3n) is 2.31. The highest BCUT2D eigenvalue weighted by atomic mass is 16.6. The van der Waals surface area contributed by atoms with Crippen LogP contribution in [-0.2, 0) is 4.79 Å². The SMILES string of the molecule is CCC(=O)CCCOc1ccc([N+](=O)[O-])cc1. The Labute approximate surface area is 99.5 Å². The lowest BCUT2D eigenvalue weighted by molar-refractivity contribution is -0.384. The number of ketones is 1. The van der Waals surface area contributed by atoms with E-state index in [4.69, 9.17) is 4.74 Å². The van der Waals surface area contributed by atoms with Gasteiger partial charge in [-0.25, -0.2) is 0 Å². The molecule has 92 valence electrons. The average Bonchev–Trinajstić information content (AvgIpc) is 2.34. The Morgan fingerprint density at radius 2 is 2.00 bits per heavy atom. The number of nitro benzene ring substituents is 1. The minimum absolute atomic E-state index is 0.0403. The summed E-state index contributed by atoms with van der Waals surface area (Å²) in [4.78, 5) is 21.0. The molecule has 5 nitrogen and oxygen atoms in total. The van der Waals surface area contributed by atoms with E-state index in [-0.39, 0.29) is 11.5 Å². The Kier molecular flexibility index (Phi) is 5.13. The number of benzene rings is 1. The summed E-state index contributed by atoms with van der Waals surface area (Å²) in [5.41, 5.74) is 0.0403. The molecule has 0 N–H and O–H groups in total. The van der Waals surface area contributed by atoms with Gasteiger partial charge in [-0.3, -0.25) is 14.9 Å². The van der Waals surface area contributed by atoms with Crippen molar-refractivity contribution in [2.45, 2.75) is 26.2 Å². The summed E-state index contributed by atoms with van der Waals surface area (Å²) in [6.45, 7) is 2.28. The lowest BCUT2D eigenvalue weighted by Gasteiger charge is -2.04. The van der Waals surface area contributed by atoms with Gasteiger partial charge in [0.1, 0.15) is 11.5 Å². The number of nitrogens with zero attached hydrogens (tertiary/aromatic N) is 1. The number of ether oxygens (including phenoxy) is 1. The van der Waals surface area contributed by atoms with Crippen LogP contribution in [0.2, 0.25) is 0 Å². The van der Waals surface area contributed by atoms with E-state index in [1.807, 2.05) is 6.92 Å². The van der Waals surface area contributed by atoms with Crippen molar-refractivity contribution in [1.82, 2.24) is 0 Å². The van der Waals surface area contributed by atoms with Crippen molar-refractivity contribution in [2.24, 2.45) is 0 Å². The van der Waals surface area contributed by atoms with E-state index in [0.717, 1.165) is 0 Å². The van der Waals surface area contributed by atoms with Crippen LogP contribution in [-0.4, -0.2) is 17.3 Å². The fourth-order valence-corrected chi connectivity index (χ4v) is 1.30. The monoisotopic (exact) mass is 237 g/mol. The summed E-state index contributed by atoms with van der Waals surface area (Å²) in [5, 5.41) is 10.4. The number of non-ortho nitro benzene ring substituents is 1. The highest BCUT2D eigenvalue weighted by Crippen LogP contribution is 2.17. The van der Waals surface area contributed by atoms with Crippen molar-refractivity contribution in [3.8, 4) is 5.75 Å². The fourth-order valence-electron chi connectivity index (χ4n) is 1.30. The van der Waals surface area contributed by atoms with Gasteiger partial charge in [0.25, 0.3) is 5.69 Å². The molecule has 0 bridgehead atoms. The molecule has 0 fully saturated rings. The maximum absolute atomic E-state index is 11.0. The first-order chi connectivity index (χ1) is 8.13. The number of carbonyl (C=O) groups is 1. The number of hydrogen-bond acceptors (Lipinski definition) is 4. The van der Waals surface area contributed by atoms with Crippen LogP contribution in [0.15, 0.2) is 24.3 Å². The van der Waals surface area contributed by atoms with Gasteiger partial charge >= 0.3 is 0 Å². The van der Waals surface area contributed by atoms with Crippen molar-refractivity contribution < 1.29 is 14.5 Å². The average molecular weight is 237 g/mol. The Morgan fingerprint density at radius 3 is 2.53 bits per heavy atom. The molecule has 0 atom stereocenters. The van der Waals surface area contributed by atoms with Crippen molar-refractivity contribution >= 4 is 11.5 Å². The Bertz CT molecular complexity index is 386. The van der Waals surface area contributed by atoms with Gasteiger partial charge < -0.3 is 4.74 Å². The van der Waals surface area contributed by atoms with E-state index in [1.54, 1.807) is 12.1 Å². The standard InChI is InChI=1S/C12H15NO4/c1-2-11(14)4-3-9-17-12-7-5-10(6-8-12)13(15)16/h5-8H,2-4,9H2,1H3. The predicted octanol–water partition coefficient (Wildman–Crippen LogP) is 2.73. The lowest BCUT2D eigenvalue weighted by atomic mass is 10.2. The largest absolute Gasteiger partial charge is 0.494 e. The van der Waals surface area contributed by atoms with Crippen molar-refractivity contribution in [1.29, 1.82) is 0 Å². The van der Waals surface area contributed by atoms with Gasteiger partial charge in [0.2, 0.25) is 0 Å². The summed E-state index contributed by atoms with van der Waals surface area (Å²) in [6, 6.07) is 5.90. The molecule has 0 radical (unpaired) electrons. The highest BCUT2D eigenvalue weighted by Gasteiger charge is 2.04. The van der Waals surface area contributed by atoms with Gasteiger partial charge in [0.15, 0.2) is 0 Å². The molecule has 17 heavy (non-hydrogen) atoms. The van der Waals surface area contributed by atoms with Gasteiger partial charge in [-0.1, -0.05) is 6.92 Å². The number of rotatable bonds is 7. The van der Waals surface area contributed by atoms with Gasteiger partial charge in [0, 0.05) is 25.0 Å². The molecule has 0 aromatic heterocycles. The van der Waals surface area contributed by atoms with E-state index in [9.17, 15) is 14.9 Å². The second-order valence-electron chi connectivity index (χ2n) is 3.60. The Balaban J connectivity index is 2.32. The Hall–Kier alpha value is -1.91. The molecule has 0 heterocycles.